The molecular formula is C11H15N3. The van der Waals surface area contributed by atoms with Gasteiger partial charge in [0.2, 0.25) is 0 Å². The molecule has 1 aromatic rings. The van der Waals surface area contributed by atoms with E-state index in [2.05, 4.69) is 6.07 Å². The van der Waals surface area contributed by atoms with Gasteiger partial charge in [-0.1, -0.05) is 12.1 Å². The lowest BCUT2D eigenvalue weighted by Gasteiger charge is -2.15. The molecule has 0 heterocycles. The van der Waals surface area contributed by atoms with E-state index in [9.17, 15) is 0 Å². The van der Waals surface area contributed by atoms with Crippen LogP contribution in [-0.2, 0) is 0 Å². The summed E-state index contributed by atoms with van der Waals surface area (Å²) in [6.45, 7) is 0. The van der Waals surface area contributed by atoms with Gasteiger partial charge >= 0.3 is 0 Å². The highest BCUT2D eigenvalue weighted by Gasteiger charge is 2.05. The fourth-order valence-electron chi connectivity index (χ4n) is 1.25. The second-order valence-corrected chi connectivity index (χ2v) is 3.46. The standard InChI is InChI=1S/C11H15N3/c1-14(2)10-5-3-4-9(8-10)11(13)6-7-12/h3-5,8,11H,6,13H2,1-2H3. The minimum absolute atomic E-state index is 0.181. The Morgan fingerprint density at radius 1 is 1.50 bits per heavy atom. The molecule has 0 aliphatic rings. The highest BCUT2D eigenvalue weighted by atomic mass is 15.1. The fourth-order valence-corrected chi connectivity index (χ4v) is 1.25. The van der Waals surface area contributed by atoms with Gasteiger partial charge in [-0.05, 0) is 17.7 Å². The number of nitrogens with zero attached hydrogens (tertiary/aromatic N) is 2. The molecule has 0 saturated carbocycles. The van der Waals surface area contributed by atoms with Crippen molar-refractivity contribution in [2.45, 2.75) is 12.5 Å². The van der Waals surface area contributed by atoms with Crippen LogP contribution in [0.2, 0.25) is 0 Å². The third-order valence-corrected chi connectivity index (χ3v) is 2.13. The van der Waals surface area contributed by atoms with Crippen LogP contribution in [0.25, 0.3) is 0 Å². The summed E-state index contributed by atoms with van der Waals surface area (Å²) in [5.41, 5.74) is 7.95. The quantitative estimate of drug-likeness (QED) is 0.786. The lowest BCUT2D eigenvalue weighted by Crippen LogP contribution is -2.12. The molecule has 3 heteroatoms. The highest BCUT2D eigenvalue weighted by molar-refractivity contribution is 5.47. The molecule has 1 rings (SSSR count). The van der Waals surface area contributed by atoms with E-state index in [0.717, 1.165) is 11.3 Å². The molecule has 14 heavy (non-hydrogen) atoms. The van der Waals surface area contributed by atoms with Gasteiger partial charge in [0.25, 0.3) is 0 Å². The van der Waals surface area contributed by atoms with Gasteiger partial charge in [0.15, 0.2) is 0 Å². The molecule has 0 radical (unpaired) electrons. The van der Waals surface area contributed by atoms with Gasteiger partial charge in [0.05, 0.1) is 12.5 Å². The molecular weight excluding hydrogens is 174 g/mol. The van der Waals surface area contributed by atoms with Crippen LogP contribution in [0.3, 0.4) is 0 Å². The van der Waals surface area contributed by atoms with Crippen molar-refractivity contribution in [2.75, 3.05) is 19.0 Å². The molecule has 0 aliphatic heterocycles. The normalized spacial score (nSPS) is 11.9. The molecule has 0 aliphatic carbocycles. The van der Waals surface area contributed by atoms with Gasteiger partial charge in [-0.2, -0.15) is 5.26 Å². The van der Waals surface area contributed by atoms with Crippen molar-refractivity contribution < 1.29 is 0 Å². The summed E-state index contributed by atoms with van der Waals surface area (Å²) in [6.07, 6.45) is 0.358. The largest absolute Gasteiger partial charge is 0.378 e. The minimum atomic E-state index is -0.181. The molecule has 0 bridgehead atoms. The Hall–Kier alpha value is -1.53. The van der Waals surface area contributed by atoms with E-state index in [1.807, 2.05) is 43.3 Å². The first kappa shape index (κ1) is 10.6. The molecule has 1 atom stereocenters. The van der Waals surface area contributed by atoms with Gasteiger partial charge < -0.3 is 10.6 Å². The fraction of sp³-hybridized carbons (Fsp3) is 0.364. The summed E-state index contributed by atoms with van der Waals surface area (Å²) >= 11 is 0. The Morgan fingerprint density at radius 2 is 2.21 bits per heavy atom. The Morgan fingerprint density at radius 3 is 2.79 bits per heavy atom. The molecule has 2 N–H and O–H groups in total. The van der Waals surface area contributed by atoms with Crippen LogP contribution in [0.4, 0.5) is 5.69 Å². The zero-order valence-corrected chi connectivity index (χ0v) is 8.57. The number of nitriles is 1. The number of benzene rings is 1. The number of nitrogens with two attached hydrogens (primary N) is 1. The summed E-state index contributed by atoms with van der Waals surface area (Å²) in [7, 11) is 3.96. The average molecular weight is 189 g/mol. The molecule has 1 aromatic carbocycles. The van der Waals surface area contributed by atoms with Gasteiger partial charge in [-0.25, -0.2) is 0 Å². The Balaban J connectivity index is 2.89. The minimum Gasteiger partial charge on any atom is -0.378 e. The summed E-state index contributed by atoms with van der Waals surface area (Å²) in [6, 6.07) is 9.84. The lowest BCUT2D eigenvalue weighted by atomic mass is 10.0. The third-order valence-electron chi connectivity index (χ3n) is 2.13. The van der Waals surface area contributed by atoms with Crippen molar-refractivity contribution in [3.8, 4) is 6.07 Å². The van der Waals surface area contributed by atoms with E-state index >= 15 is 0 Å². The maximum absolute atomic E-state index is 8.54. The Labute approximate surface area is 84.7 Å². The molecule has 74 valence electrons. The van der Waals surface area contributed by atoms with E-state index < -0.39 is 0 Å². The molecule has 0 amide bonds. The van der Waals surface area contributed by atoms with Crippen LogP contribution in [0.5, 0.6) is 0 Å². The Bertz CT molecular complexity index is 339. The van der Waals surface area contributed by atoms with E-state index in [1.165, 1.54) is 0 Å². The van der Waals surface area contributed by atoms with E-state index in [4.69, 9.17) is 11.0 Å². The number of hydrogen-bond acceptors (Lipinski definition) is 3. The number of hydrogen-bond donors (Lipinski definition) is 1. The predicted octanol–water partition coefficient (Wildman–Crippen LogP) is 1.67. The van der Waals surface area contributed by atoms with Crippen LogP contribution < -0.4 is 10.6 Å². The molecule has 0 aromatic heterocycles. The first-order chi connectivity index (χ1) is 6.65. The average Bonchev–Trinajstić information content (AvgIpc) is 2.18. The van der Waals surface area contributed by atoms with Crippen LogP contribution in [0, 0.1) is 11.3 Å². The molecule has 0 saturated heterocycles. The SMILES string of the molecule is CN(C)c1cccc(C(N)CC#N)c1. The molecule has 0 fully saturated rings. The van der Waals surface area contributed by atoms with Crippen LogP contribution in [0.1, 0.15) is 18.0 Å². The van der Waals surface area contributed by atoms with E-state index in [1.54, 1.807) is 0 Å². The van der Waals surface area contributed by atoms with Crippen molar-refractivity contribution in [2.24, 2.45) is 5.73 Å². The van der Waals surface area contributed by atoms with E-state index in [0.29, 0.717) is 6.42 Å². The monoisotopic (exact) mass is 189 g/mol. The Kier molecular flexibility index (Phi) is 3.49. The van der Waals surface area contributed by atoms with Crippen molar-refractivity contribution in [3.05, 3.63) is 29.8 Å². The topological polar surface area (TPSA) is 53.0 Å². The second kappa shape index (κ2) is 4.64. The second-order valence-electron chi connectivity index (χ2n) is 3.46. The summed E-state index contributed by atoms with van der Waals surface area (Å²) < 4.78 is 0. The first-order valence-electron chi connectivity index (χ1n) is 4.55. The summed E-state index contributed by atoms with van der Waals surface area (Å²) in [5, 5.41) is 8.54. The van der Waals surface area contributed by atoms with Crippen molar-refractivity contribution >= 4 is 5.69 Å². The zero-order chi connectivity index (χ0) is 10.6. The van der Waals surface area contributed by atoms with Crippen molar-refractivity contribution in [1.29, 1.82) is 5.26 Å². The van der Waals surface area contributed by atoms with Gasteiger partial charge in [0, 0.05) is 25.8 Å². The highest BCUT2D eigenvalue weighted by Crippen LogP contribution is 2.19. The zero-order valence-electron chi connectivity index (χ0n) is 8.57. The van der Waals surface area contributed by atoms with E-state index in [-0.39, 0.29) is 6.04 Å². The lowest BCUT2D eigenvalue weighted by molar-refractivity contribution is 0.748. The molecule has 3 nitrogen and oxygen atoms in total. The smallest absolute Gasteiger partial charge is 0.0641 e. The maximum atomic E-state index is 8.54. The number of anilines is 1. The maximum Gasteiger partial charge on any atom is 0.0641 e. The van der Waals surface area contributed by atoms with Crippen LogP contribution in [0.15, 0.2) is 24.3 Å². The van der Waals surface area contributed by atoms with Gasteiger partial charge in [-0.3, -0.25) is 0 Å². The number of rotatable bonds is 3. The third kappa shape index (κ3) is 2.48. The van der Waals surface area contributed by atoms with Crippen molar-refractivity contribution in [1.82, 2.24) is 0 Å². The molecule has 1 unspecified atom stereocenters. The first-order valence-corrected chi connectivity index (χ1v) is 4.55. The van der Waals surface area contributed by atoms with Crippen LogP contribution in [-0.4, -0.2) is 14.1 Å². The molecule has 0 spiro atoms. The van der Waals surface area contributed by atoms with Crippen molar-refractivity contribution in [3.63, 3.8) is 0 Å². The summed E-state index contributed by atoms with van der Waals surface area (Å²) in [5.74, 6) is 0. The van der Waals surface area contributed by atoms with Gasteiger partial charge in [-0.15, -0.1) is 0 Å². The predicted molar refractivity (Wildman–Crippen MR) is 57.9 cm³/mol. The van der Waals surface area contributed by atoms with Crippen LogP contribution >= 0.6 is 0 Å². The summed E-state index contributed by atoms with van der Waals surface area (Å²) in [4.78, 5) is 2.02. The van der Waals surface area contributed by atoms with Gasteiger partial charge in [0.1, 0.15) is 0 Å².